The predicted molar refractivity (Wildman–Crippen MR) is 67.4 cm³/mol. The molecule has 6 nitrogen and oxygen atoms in total. The minimum absolute atomic E-state index is 0.146. The van der Waals surface area contributed by atoms with Crippen LogP contribution in [0.25, 0.3) is 0 Å². The number of nitrogens with zero attached hydrogens (tertiary/aromatic N) is 1. The van der Waals surface area contributed by atoms with Crippen LogP contribution in [-0.2, 0) is 25.2 Å². The minimum atomic E-state index is -1.48. The zero-order valence-electron chi connectivity index (χ0n) is 10.4. The second-order valence-electron chi connectivity index (χ2n) is 4.10. The fourth-order valence-corrected chi connectivity index (χ4v) is 2.63. The molecule has 0 spiro atoms. The van der Waals surface area contributed by atoms with Crippen LogP contribution >= 0.6 is 0 Å². The van der Waals surface area contributed by atoms with E-state index in [1.54, 1.807) is 6.92 Å². The molecule has 1 unspecified atom stereocenters. The van der Waals surface area contributed by atoms with Gasteiger partial charge in [0.15, 0.2) is 0 Å². The number of piperidine rings is 1. The summed E-state index contributed by atoms with van der Waals surface area (Å²) in [5.74, 6) is -0.692. The van der Waals surface area contributed by atoms with Gasteiger partial charge in [-0.05, 0) is 6.92 Å². The molecule has 102 valence electrons. The lowest BCUT2D eigenvalue weighted by Crippen LogP contribution is -2.41. The normalized spacial score (nSPS) is 17.4. The Hall–Kier alpha value is -1.24. The molecule has 18 heavy (non-hydrogen) atoms. The average molecular weight is 274 g/mol. The Balaban J connectivity index is 2.33. The highest BCUT2D eigenvalue weighted by Crippen LogP contribution is 2.06. The van der Waals surface area contributed by atoms with Crippen LogP contribution in [-0.4, -0.2) is 57.8 Å². The number of amides is 2. The van der Waals surface area contributed by atoms with Gasteiger partial charge in [0.25, 0.3) is 0 Å². The molecule has 0 aromatic heterocycles. The molecule has 1 atom stereocenters. The Morgan fingerprint density at radius 2 is 1.89 bits per heavy atom. The van der Waals surface area contributed by atoms with Crippen LogP contribution in [0.2, 0.25) is 0 Å². The average Bonchev–Trinajstić information content (AvgIpc) is 2.29. The molecule has 2 amide bonds. The van der Waals surface area contributed by atoms with Crippen molar-refractivity contribution in [1.82, 2.24) is 10.2 Å². The predicted octanol–water partition coefficient (Wildman–Crippen LogP) is -0.937. The van der Waals surface area contributed by atoms with E-state index in [4.69, 9.17) is 0 Å². The quantitative estimate of drug-likeness (QED) is 0.701. The Labute approximate surface area is 109 Å². The van der Waals surface area contributed by atoms with Crippen LogP contribution < -0.4 is 5.32 Å². The van der Waals surface area contributed by atoms with Gasteiger partial charge in [0, 0.05) is 43.3 Å². The first-order chi connectivity index (χ1) is 8.52. The van der Waals surface area contributed by atoms with E-state index in [0.29, 0.717) is 32.5 Å². The van der Waals surface area contributed by atoms with Gasteiger partial charge in [0.1, 0.15) is 17.3 Å². The van der Waals surface area contributed by atoms with E-state index in [1.165, 1.54) is 4.90 Å². The number of carbonyl (C=O) groups excluding carboxylic acids is 3. The third kappa shape index (κ3) is 4.95. The lowest BCUT2D eigenvalue weighted by atomic mass is 10.1. The van der Waals surface area contributed by atoms with Gasteiger partial charge in [0.05, 0.1) is 0 Å². The monoisotopic (exact) mass is 274 g/mol. The SMILES string of the molecule is CCNC(=O)CS(=O)CC(=O)N1CCC(=O)CC1. The smallest absolute Gasteiger partial charge is 0.235 e. The van der Waals surface area contributed by atoms with E-state index in [2.05, 4.69) is 5.32 Å². The first-order valence-corrected chi connectivity index (χ1v) is 7.43. The fourth-order valence-electron chi connectivity index (χ4n) is 1.68. The van der Waals surface area contributed by atoms with E-state index in [-0.39, 0.29) is 29.1 Å². The molecule has 1 fully saturated rings. The van der Waals surface area contributed by atoms with Gasteiger partial charge < -0.3 is 10.2 Å². The van der Waals surface area contributed by atoms with Crippen LogP contribution in [0, 0.1) is 0 Å². The maximum atomic E-state index is 11.7. The summed E-state index contributed by atoms with van der Waals surface area (Å²) in [5.41, 5.74) is 0. The summed E-state index contributed by atoms with van der Waals surface area (Å²) < 4.78 is 11.6. The molecular formula is C11H18N2O4S. The topological polar surface area (TPSA) is 83.6 Å². The second kappa shape index (κ2) is 7.25. The van der Waals surface area contributed by atoms with E-state index in [9.17, 15) is 18.6 Å². The molecule has 0 aromatic carbocycles. The molecular weight excluding hydrogens is 256 g/mol. The van der Waals surface area contributed by atoms with Gasteiger partial charge in [-0.3, -0.25) is 18.6 Å². The number of hydrogen-bond donors (Lipinski definition) is 1. The van der Waals surface area contributed by atoms with Crippen molar-refractivity contribution in [2.75, 3.05) is 31.1 Å². The standard InChI is InChI=1S/C11H18N2O4S/c1-2-12-10(15)7-18(17)8-11(16)13-5-3-9(14)4-6-13/h2-8H2,1H3,(H,12,15). The van der Waals surface area contributed by atoms with Gasteiger partial charge in [-0.25, -0.2) is 0 Å². The molecule has 1 aliphatic heterocycles. The highest BCUT2D eigenvalue weighted by atomic mass is 32.2. The molecule has 0 saturated carbocycles. The Bertz CT molecular complexity index is 360. The van der Waals surface area contributed by atoms with Crippen molar-refractivity contribution in [3.63, 3.8) is 0 Å². The number of ketones is 1. The molecule has 0 aromatic rings. The molecule has 0 bridgehead atoms. The molecule has 1 N–H and O–H groups in total. The van der Waals surface area contributed by atoms with E-state index < -0.39 is 10.8 Å². The van der Waals surface area contributed by atoms with Gasteiger partial charge in [-0.1, -0.05) is 0 Å². The lowest BCUT2D eigenvalue weighted by Gasteiger charge is -2.25. The van der Waals surface area contributed by atoms with Gasteiger partial charge in [-0.15, -0.1) is 0 Å². The maximum absolute atomic E-state index is 11.7. The lowest BCUT2D eigenvalue weighted by molar-refractivity contribution is -0.132. The number of Topliss-reactive ketones (excluding diaryl/α,β-unsaturated/α-hetero) is 1. The summed E-state index contributed by atoms with van der Waals surface area (Å²) in [6.45, 7) is 3.06. The highest BCUT2D eigenvalue weighted by Gasteiger charge is 2.22. The molecule has 0 aliphatic carbocycles. The Kier molecular flexibility index (Phi) is 5.97. The van der Waals surface area contributed by atoms with Gasteiger partial charge in [-0.2, -0.15) is 0 Å². The third-order valence-corrected chi connectivity index (χ3v) is 3.78. The van der Waals surface area contributed by atoms with E-state index >= 15 is 0 Å². The molecule has 7 heteroatoms. The summed E-state index contributed by atoms with van der Waals surface area (Å²) in [6.07, 6.45) is 0.739. The summed E-state index contributed by atoms with van der Waals surface area (Å²) in [4.78, 5) is 35.5. The molecule has 1 heterocycles. The van der Waals surface area contributed by atoms with Crippen LogP contribution in [0.15, 0.2) is 0 Å². The van der Waals surface area contributed by atoms with Crippen molar-refractivity contribution in [3.8, 4) is 0 Å². The zero-order chi connectivity index (χ0) is 13.5. The molecule has 1 saturated heterocycles. The third-order valence-electron chi connectivity index (χ3n) is 2.62. The summed E-state index contributed by atoms with van der Waals surface area (Å²) >= 11 is 0. The van der Waals surface area contributed by atoms with Crippen LogP contribution in [0.3, 0.4) is 0 Å². The van der Waals surface area contributed by atoms with E-state index in [1.807, 2.05) is 0 Å². The Morgan fingerprint density at radius 3 is 2.44 bits per heavy atom. The zero-order valence-corrected chi connectivity index (χ0v) is 11.3. The summed E-state index contributed by atoms with van der Waals surface area (Å²) in [7, 11) is -1.48. The first kappa shape index (κ1) is 14.8. The van der Waals surface area contributed by atoms with Crippen LogP contribution in [0.4, 0.5) is 0 Å². The number of carbonyl (C=O) groups is 3. The number of hydrogen-bond acceptors (Lipinski definition) is 4. The maximum Gasteiger partial charge on any atom is 0.235 e. The minimum Gasteiger partial charge on any atom is -0.356 e. The van der Waals surface area contributed by atoms with Crippen molar-refractivity contribution in [2.24, 2.45) is 0 Å². The second-order valence-corrected chi connectivity index (χ2v) is 5.56. The summed E-state index contributed by atoms with van der Waals surface area (Å²) in [5, 5.41) is 2.53. The molecule has 1 rings (SSSR count). The van der Waals surface area contributed by atoms with Gasteiger partial charge >= 0.3 is 0 Å². The number of likely N-dealkylation sites (tertiary alicyclic amines) is 1. The van der Waals surface area contributed by atoms with Crippen LogP contribution in [0.5, 0.6) is 0 Å². The van der Waals surface area contributed by atoms with E-state index in [0.717, 1.165) is 0 Å². The van der Waals surface area contributed by atoms with Crippen molar-refractivity contribution in [2.45, 2.75) is 19.8 Å². The first-order valence-electron chi connectivity index (χ1n) is 5.94. The van der Waals surface area contributed by atoms with Crippen molar-refractivity contribution in [3.05, 3.63) is 0 Å². The number of nitrogens with one attached hydrogen (secondary N) is 1. The Morgan fingerprint density at radius 1 is 1.28 bits per heavy atom. The molecule has 1 aliphatic rings. The van der Waals surface area contributed by atoms with Crippen LogP contribution in [0.1, 0.15) is 19.8 Å². The van der Waals surface area contributed by atoms with Gasteiger partial charge in [0.2, 0.25) is 11.8 Å². The van der Waals surface area contributed by atoms with Crippen molar-refractivity contribution < 1.29 is 18.6 Å². The van der Waals surface area contributed by atoms with Crippen molar-refractivity contribution >= 4 is 28.4 Å². The number of rotatable bonds is 5. The van der Waals surface area contributed by atoms with Crippen molar-refractivity contribution in [1.29, 1.82) is 0 Å². The largest absolute Gasteiger partial charge is 0.356 e. The fraction of sp³-hybridized carbons (Fsp3) is 0.727. The molecule has 0 radical (unpaired) electrons. The summed E-state index contributed by atoms with van der Waals surface area (Å²) in [6, 6.07) is 0. The highest BCUT2D eigenvalue weighted by molar-refractivity contribution is 7.86.